The summed E-state index contributed by atoms with van der Waals surface area (Å²) in [4.78, 5) is 73.1. The predicted octanol–water partition coefficient (Wildman–Crippen LogP) is -1.04. The molecule has 0 aliphatic carbocycles. The quantitative estimate of drug-likeness (QED) is 0.466. The first-order chi connectivity index (χ1) is 12.3. The molecule has 1 aliphatic heterocycles. The molecule has 0 radical (unpaired) electrons. The number of likely N-dealkylation sites (N-methyl/N-ethyl adjacent to an activating group) is 1. The van der Waals surface area contributed by atoms with Crippen LogP contribution in [-0.2, 0) is 23.9 Å². The minimum absolute atomic E-state index is 0.0213. The Bertz CT molecular complexity index is 607. The van der Waals surface area contributed by atoms with Gasteiger partial charge in [0.15, 0.2) is 0 Å². The number of hydrogen-bond donors (Lipinski definition) is 1. The molecule has 0 aromatic rings. The van der Waals surface area contributed by atoms with E-state index in [1.807, 2.05) is 0 Å². The summed E-state index contributed by atoms with van der Waals surface area (Å²) in [5, 5.41) is 2.20. The molecule has 1 heterocycles. The van der Waals surface area contributed by atoms with Gasteiger partial charge >= 0.3 is 23.9 Å². The van der Waals surface area contributed by atoms with Crippen LogP contribution in [0.2, 0.25) is 0 Å². The maximum absolute atomic E-state index is 12.2. The number of imide groups is 2. The van der Waals surface area contributed by atoms with Gasteiger partial charge in [-0.15, -0.1) is 0 Å². The van der Waals surface area contributed by atoms with Gasteiger partial charge in [-0.25, -0.2) is 9.59 Å². The van der Waals surface area contributed by atoms with Gasteiger partial charge in [-0.2, -0.15) is 0 Å². The van der Waals surface area contributed by atoms with Gasteiger partial charge in [0.2, 0.25) is 5.91 Å². The van der Waals surface area contributed by atoms with Crippen molar-refractivity contribution in [2.24, 2.45) is 0 Å². The molecule has 1 atom stereocenters. The Kier molecular flexibility index (Phi) is 7.69. The molecule has 6 amide bonds. The van der Waals surface area contributed by atoms with Crippen LogP contribution in [0.4, 0.5) is 9.59 Å². The van der Waals surface area contributed by atoms with Crippen LogP contribution in [0.15, 0.2) is 0 Å². The summed E-state index contributed by atoms with van der Waals surface area (Å²) in [7, 11) is 1.18. The number of ether oxygens (including phenoxy) is 1. The monoisotopic (exact) mass is 370 g/mol. The molecule has 1 rings (SSSR count). The second-order valence-corrected chi connectivity index (χ2v) is 5.39. The number of nitrogens with zero attached hydrogens (tertiary/aromatic N) is 3. The summed E-state index contributed by atoms with van der Waals surface area (Å²) in [6, 6.07) is -2.22. The highest BCUT2D eigenvalue weighted by atomic mass is 16.6. The van der Waals surface area contributed by atoms with Crippen molar-refractivity contribution in [3.05, 3.63) is 0 Å². The molecule has 1 N–H and O–H groups in total. The lowest BCUT2D eigenvalue weighted by Gasteiger charge is -2.32. The van der Waals surface area contributed by atoms with Crippen molar-refractivity contribution in [3.63, 3.8) is 0 Å². The van der Waals surface area contributed by atoms with E-state index >= 15 is 0 Å². The number of carbonyl (C=O) groups is 6. The fourth-order valence-electron chi connectivity index (χ4n) is 2.19. The minimum atomic E-state index is -1.26. The molecule has 0 bridgehead atoms. The predicted molar refractivity (Wildman–Crippen MR) is 86.8 cm³/mol. The van der Waals surface area contributed by atoms with E-state index in [1.54, 1.807) is 13.8 Å². The molecule has 11 heteroatoms. The van der Waals surface area contributed by atoms with Crippen molar-refractivity contribution < 1.29 is 33.5 Å². The van der Waals surface area contributed by atoms with Crippen LogP contribution >= 0.6 is 0 Å². The summed E-state index contributed by atoms with van der Waals surface area (Å²) in [5.74, 6) is -2.57. The van der Waals surface area contributed by atoms with Crippen LogP contribution < -0.4 is 5.32 Å². The van der Waals surface area contributed by atoms with Gasteiger partial charge in [0.25, 0.3) is 0 Å². The van der Waals surface area contributed by atoms with Crippen molar-refractivity contribution in [2.75, 3.05) is 33.3 Å². The molecule has 1 fully saturated rings. The SMILES string of the molecule is CCOC(=O)N(C)C(=O)CC(C=O)NC(=O)N1CCN(CC)C(=O)C1=O. The first kappa shape index (κ1) is 21.1. The average molecular weight is 370 g/mol. The van der Waals surface area contributed by atoms with Gasteiger partial charge in [0, 0.05) is 26.7 Å². The average Bonchev–Trinajstić information content (AvgIpc) is 2.62. The normalized spacial score (nSPS) is 15.3. The number of urea groups is 1. The molecule has 144 valence electrons. The zero-order valence-electron chi connectivity index (χ0n) is 14.9. The summed E-state index contributed by atoms with van der Waals surface area (Å²) in [6.07, 6.45) is -1.07. The van der Waals surface area contributed by atoms with Crippen LogP contribution in [0.1, 0.15) is 20.3 Å². The Morgan fingerprint density at radius 1 is 1.23 bits per heavy atom. The van der Waals surface area contributed by atoms with Crippen LogP contribution in [0.5, 0.6) is 0 Å². The van der Waals surface area contributed by atoms with Crippen molar-refractivity contribution in [1.29, 1.82) is 0 Å². The number of aldehydes is 1. The van der Waals surface area contributed by atoms with Crippen molar-refractivity contribution in [2.45, 2.75) is 26.3 Å². The standard InChI is InChI=1S/C15H22N4O7/c1-4-18-6-7-19(13(23)12(18)22)14(24)16-10(9-20)8-11(21)17(3)15(25)26-5-2/h9-10H,4-8H2,1-3H3,(H,16,24). The van der Waals surface area contributed by atoms with E-state index in [4.69, 9.17) is 0 Å². The van der Waals surface area contributed by atoms with E-state index in [2.05, 4.69) is 10.1 Å². The van der Waals surface area contributed by atoms with E-state index in [1.165, 1.54) is 11.9 Å². The highest BCUT2D eigenvalue weighted by Gasteiger charge is 2.36. The molecule has 0 saturated carbocycles. The molecule has 11 nitrogen and oxygen atoms in total. The topological polar surface area (TPSA) is 133 Å². The summed E-state index contributed by atoms with van der Waals surface area (Å²) in [5.41, 5.74) is 0. The molecular formula is C15H22N4O7. The maximum atomic E-state index is 12.2. The van der Waals surface area contributed by atoms with Crippen molar-refractivity contribution >= 4 is 36.1 Å². The molecular weight excluding hydrogens is 348 g/mol. The summed E-state index contributed by atoms with van der Waals surface area (Å²) >= 11 is 0. The highest BCUT2D eigenvalue weighted by molar-refractivity contribution is 6.38. The molecule has 26 heavy (non-hydrogen) atoms. The Morgan fingerprint density at radius 2 is 1.88 bits per heavy atom. The number of hydrogen-bond acceptors (Lipinski definition) is 7. The van der Waals surface area contributed by atoms with Crippen molar-refractivity contribution in [3.8, 4) is 0 Å². The smallest absolute Gasteiger partial charge is 0.416 e. The Balaban J connectivity index is 2.67. The third-order valence-electron chi connectivity index (χ3n) is 3.72. The van der Waals surface area contributed by atoms with E-state index in [0.717, 1.165) is 0 Å². The van der Waals surface area contributed by atoms with Crippen LogP contribution in [-0.4, -0.2) is 90.2 Å². The first-order valence-corrected chi connectivity index (χ1v) is 8.06. The van der Waals surface area contributed by atoms with Gasteiger partial charge in [-0.3, -0.25) is 24.2 Å². The highest BCUT2D eigenvalue weighted by Crippen LogP contribution is 2.06. The lowest BCUT2D eigenvalue weighted by molar-refractivity contribution is -0.153. The third-order valence-corrected chi connectivity index (χ3v) is 3.72. The van der Waals surface area contributed by atoms with E-state index in [-0.39, 0.29) is 19.7 Å². The lowest BCUT2D eigenvalue weighted by Crippen LogP contribution is -2.59. The zero-order chi connectivity index (χ0) is 19.9. The van der Waals surface area contributed by atoms with Crippen LogP contribution in [0.3, 0.4) is 0 Å². The second-order valence-electron chi connectivity index (χ2n) is 5.39. The maximum Gasteiger partial charge on any atom is 0.416 e. The zero-order valence-corrected chi connectivity index (χ0v) is 14.9. The molecule has 1 aliphatic rings. The fraction of sp³-hybridized carbons (Fsp3) is 0.600. The molecule has 0 spiro atoms. The Labute approximate surface area is 150 Å². The third kappa shape index (κ3) is 5.01. The molecule has 1 unspecified atom stereocenters. The summed E-state index contributed by atoms with van der Waals surface area (Å²) in [6.45, 7) is 3.85. The van der Waals surface area contributed by atoms with Crippen molar-refractivity contribution in [1.82, 2.24) is 20.0 Å². The summed E-state index contributed by atoms with van der Waals surface area (Å²) < 4.78 is 4.66. The van der Waals surface area contributed by atoms with Gasteiger partial charge in [-0.1, -0.05) is 0 Å². The van der Waals surface area contributed by atoms with Gasteiger partial charge in [0.1, 0.15) is 6.29 Å². The number of carbonyl (C=O) groups excluding carboxylic acids is 6. The number of nitrogens with one attached hydrogen (secondary N) is 1. The second kappa shape index (κ2) is 9.49. The van der Waals surface area contributed by atoms with Gasteiger partial charge < -0.3 is 19.7 Å². The molecule has 0 aromatic carbocycles. The van der Waals surface area contributed by atoms with Crippen LogP contribution in [0.25, 0.3) is 0 Å². The van der Waals surface area contributed by atoms with E-state index in [0.29, 0.717) is 22.6 Å². The first-order valence-electron chi connectivity index (χ1n) is 8.06. The molecule has 1 saturated heterocycles. The van der Waals surface area contributed by atoms with E-state index < -0.39 is 42.3 Å². The largest absolute Gasteiger partial charge is 0.449 e. The Morgan fingerprint density at radius 3 is 2.42 bits per heavy atom. The van der Waals surface area contributed by atoms with Crippen LogP contribution in [0, 0.1) is 0 Å². The number of piperazine rings is 1. The number of amides is 6. The number of rotatable bonds is 6. The molecule has 0 aromatic heterocycles. The van der Waals surface area contributed by atoms with Gasteiger partial charge in [0.05, 0.1) is 19.1 Å². The van der Waals surface area contributed by atoms with E-state index in [9.17, 15) is 28.8 Å². The lowest BCUT2D eigenvalue weighted by atomic mass is 10.2. The minimum Gasteiger partial charge on any atom is -0.449 e. The van der Waals surface area contributed by atoms with Gasteiger partial charge in [-0.05, 0) is 13.8 Å². The fourth-order valence-corrected chi connectivity index (χ4v) is 2.19. The Hall–Kier alpha value is -2.98.